The molecule has 1 N–H and O–H groups in total. The molecule has 96 valence electrons. The van der Waals surface area contributed by atoms with Gasteiger partial charge in [-0.3, -0.25) is 0 Å². The van der Waals surface area contributed by atoms with Crippen molar-refractivity contribution in [1.82, 2.24) is 5.32 Å². The molecule has 0 aliphatic heterocycles. The molecule has 0 saturated carbocycles. The average molecular weight is 292 g/mol. The standard InChI is InChI=1S/C13H19Cl2NS/c1-9(8-17-3)7-16-10(2)11-5-4-6-12(14)13(11)15/h4-6,9-10,16H,7-8H2,1-3H3. The highest BCUT2D eigenvalue weighted by Crippen LogP contribution is 2.29. The number of rotatable bonds is 6. The Kier molecular flexibility index (Phi) is 6.71. The van der Waals surface area contributed by atoms with Crippen molar-refractivity contribution in [2.24, 2.45) is 5.92 Å². The first-order chi connectivity index (χ1) is 8.06. The van der Waals surface area contributed by atoms with E-state index < -0.39 is 0 Å². The van der Waals surface area contributed by atoms with Crippen molar-refractivity contribution in [2.75, 3.05) is 18.6 Å². The molecule has 2 unspecified atom stereocenters. The van der Waals surface area contributed by atoms with E-state index in [2.05, 4.69) is 25.4 Å². The number of benzene rings is 1. The molecule has 4 heteroatoms. The van der Waals surface area contributed by atoms with Crippen LogP contribution in [0.3, 0.4) is 0 Å². The Morgan fingerprint density at radius 1 is 1.29 bits per heavy atom. The Bertz CT molecular complexity index is 357. The summed E-state index contributed by atoms with van der Waals surface area (Å²) in [5.41, 5.74) is 1.07. The average Bonchev–Trinajstić information content (AvgIpc) is 2.30. The van der Waals surface area contributed by atoms with Crippen LogP contribution in [0.4, 0.5) is 0 Å². The van der Waals surface area contributed by atoms with E-state index in [1.807, 2.05) is 30.0 Å². The van der Waals surface area contributed by atoms with Crippen LogP contribution >= 0.6 is 35.0 Å². The Labute approximate surface area is 118 Å². The third kappa shape index (κ3) is 4.70. The molecule has 0 bridgehead atoms. The molecule has 1 rings (SSSR count). The number of hydrogen-bond donors (Lipinski definition) is 1. The van der Waals surface area contributed by atoms with Gasteiger partial charge in [-0.15, -0.1) is 0 Å². The largest absolute Gasteiger partial charge is 0.310 e. The molecule has 0 saturated heterocycles. The summed E-state index contributed by atoms with van der Waals surface area (Å²) in [7, 11) is 0. The molecular formula is C13H19Cl2NS. The van der Waals surface area contributed by atoms with Crippen molar-refractivity contribution in [3.05, 3.63) is 33.8 Å². The van der Waals surface area contributed by atoms with Crippen LogP contribution in [0.2, 0.25) is 10.0 Å². The minimum atomic E-state index is 0.227. The summed E-state index contributed by atoms with van der Waals surface area (Å²) in [5, 5.41) is 4.77. The highest BCUT2D eigenvalue weighted by atomic mass is 35.5. The van der Waals surface area contributed by atoms with Crippen molar-refractivity contribution < 1.29 is 0 Å². The van der Waals surface area contributed by atoms with Gasteiger partial charge in [-0.25, -0.2) is 0 Å². The number of halogens is 2. The fourth-order valence-electron chi connectivity index (χ4n) is 1.69. The van der Waals surface area contributed by atoms with Crippen molar-refractivity contribution in [1.29, 1.82) is 0 Å². The summed E-state index contributed by atoms with van der Waals surface area (Å²) in [5.74, 6) is 1.83. The van der Waals surface area contributed by atoms with E-state index >= 15 is 0 Å². The maximum atomic E-state index is 6.19. The Morgan fingerprint density at radius 2 is 2.00 bits per heavy atom. The van der Waals surface area contributed by atoms with Gasteiger partial charge in [0, 0.05) is 6.04 Å². The topological polar surface area (TPSA) is 12.0 Å². The van der Waals surface area contributed by atoms with Crippen molar-refractivity contribution >= 4 is 35.0 Å². The second-order valence-corrected chi connectivity index (χ2v) is 6.03. The van der Waals surface area contributed by atoms with Gasteiger partial charge in [-0.05, 0) is 43.0 Å². The normalized spacial score (nSPS) is 14.6. The van der Waals surface area contributed by atoms with Gasteiger partial charge >= 0.3 is 0 Å². The lowest BCUT2D eigenvalue weighted by Crippen LogP contribution is -2.25. The van der Waals surface area contributed by atoms with E-state index in [9.17, 15) is 0 Å². The van der Waals surface area contributed by atoms with E-state index in [0.717, 1.165) is 12.1 Å². The predicted octanol–water partition coefficient (Wildman–Crippen LogP) is 4.64. The molecule has 1 aromatic carbocycles. The molecule has 0 aromatic heterocycles. The summed E-state index contributed by atoms with van der Waals surface area (Å²) in [6, 6.07) is 6.00. The molecule has 0 aliphatic rings. The van der Waals surface area contributed by atoms with E-state index in [-0.39, 0.29) is 6.04 Å². The molecule has 0 spiro atoms. The van der Waals surface area contributed by atoms with Crippen LogP contribution in [0.1, 0.15) is 25.5 Å². The van der Waals surface area contributed by atoms with E-state index in [1.165, 1.54) is 5.75 Å². The van der Waals surface area contributed by atoms with Crippen LogP contribution in [-0.2, 0) is 0 Å². The third-order valence-corrected chi connectivity index (χ3v) is 4.41. The fourth-order valence-corrected chi connectivity index (χ4v) is 2.84. The summed E-state index contributed by atoms with van der Waals surface area (Å²) in [6.45, 7) is 5.35. The molecular weight excluding hydrogens is 273 g/mol. The molecule has 1 aromatic rings. The molecule has 17 heavy (non-hydrogen) atoms. The molecule has 0 aliphatic carbocycles. The Morgan fingerprint density at radius 3 is 2.65 bits per heavy atom. The maximum Gasteiger partial charge on any atom is 0.0639 e. The van der Waals surface area contributed by atoms with Gasteiger partial charge in [0.15, 0.2) is 0 Å². The van der Waals surface area contributed by atoms with E-state index in [1.54, 1.807) is 0 Å². The zero-order valence-electron chi connectivity index (χ0n) is 10.5. The summed E-state index contributed by atoms with van der Waals surface area (Å²) in [4.78, 5) is 0. The van der Waals surface area contributed by atoms with Crippen LogP contribution < -0.4 is 5.32 Å². The second-order valence-electron chi connectivity index (χ2n) is 4.33. The SMILES string of the molecule is CSCC(C)CNC(C)c1cccc(Cl)c1Cl. The van der Waals surface area contributed by atoms with Crippen molar-refractivity contribution in [3.63, 3.8) is 0 Å². The van der Waals surface area contributed by atoms with Crippen LogP contribution in [0.5, 0.6) is 0 Å². The predicted molar refractivity (Wildman–Crippen MR) is 80.4 cm³/mol. The molecule has 0 heterocycles. The summed E-state index contributed by atoms with van der Waals surface area (Å²) >= 11 is 14.1. The van der Waals surface area contributed by atoms with Gasteiger partial charge in [-0.1, -0.05) is 42.3 Å². The number of thioether (sulfide) groups is 1. The van der Waals surface area contributed by atoms with Crippen LogP contribution in [-0.4, -0.2) is 18.6 Å². The Hall–Kier alpha value is 0.110. The van der Waals surface area contributed by atoms with Gasteiger partial charge in [0.25, 0.3) is 0 Å². The van der Waals surface area contributed by atoms with Crippen molar-refractivity contribution in [2.45, 2.75) is 19.9 Å². The first-order valence-electron chi connectivity index (χ1n) is 5.72. The molecule has 1 nitrogen and oxygen atoms in total. The van der Waals surface area contributed by atoms with Crippen LogP contribution in [0.25, 0.3) is 0 Å². The van der Waals surface area contributed by atoms with Gasteiger partial charge < -0.3 is 5.32 Å². The summed E-state index contributed by atoms with van der Waals surface area (Å²) in [6.07, 6.45) is 2.13. The first kappa shape index (κ1) is 15.2. The molecule has 0 amide bonds. The maximum absolute atomic E-state index is 6.19. The second kappa shape index (κ2) is 7.52. The van der Waals surface area contributed by atoms with Crippen LogP contribution in [0, 0.1) is 5.92 Å². The highest BCUT2D eigenvalue weighted by molar-refractivity contribution is 7.98. The molecule has 0 radical (unpaired) electrons. The highest BCUT2D eigenvalue weighted by Gasteiger charge is 2.12. The van der Waals surface area contributed by atoms with Crippen LogP contribution in [0.15, 0.2) is 18.2 Å². The molecule has 2 atom stereocenters. The van der Waals surface area contributed by atoms with Crippen molar-refractivity contribution in [3.8, 4) is 0 Å². The quantitative estimate of drug-likeness (QED) is 0.819. The van der Waals surface area contributed by atoms with Gasteiger partial charge in [0.05, 0.1) is 10.0 Å². The van der Waals surface area contributed by atoms with Gasteiger partial charge in [-0.2, -0.15) is 11.8 Å². The zero-order valence-corrected chi connectivity index (χ0v) is 12.8. The lowest BCUT2D eigenvalue weighted by molar-refractivity contribution is 0.501. The fraction of sp³-hybridized carbons (Fsp3) is 0.538. The molecule has 0 fully saturated rings. The summed E-state index contributed by atoms with van der Waals surface area (Å²) < 4.78 is 0. The monoisotopic (exact) mass is 291 g/mol. The number of hydrogen-bond acceptors (Lipinski definition) is 2. The minimum absolute atomic E-state index is 0.227. The first-order valence-corrected chi connectivity index (χ1v) is 7.87. The number of nitrogens with one attached hydrogen (secondary N) is 1. The lowest BCUT2D eigenvalue weighted by Gasteiger charge is -2.19. The third-order valence-electron chi connectivity index (χ3n) is 2.67. The Balaban J connectivity index is 2.58. The van der Waals surface area contributed by atoms with Gasteiger partial charge in [0.2, 0.25) is 0 Å². The lowest BCUT2D eigenvalue weighted by atomic mass is 10.1. The van der Waals surface area contributed by atoms with E-state index in [0.29, 0.717) is 16.0 Å². The van der Waals surface area contributed by atoms with Gasteiger partial charge in [0.1, 0.15) is 0 Å². The minimum Gasteiger partial charge on any atom is -0.310 e. The zero-order chi connectivity index (χ0) is 12.8. The van der Waals surface area contributed by atoms with E-state index in [4.69, 9.17) is 23.2 Å². The smallest absolute Gasteiger partial charge is 0.0639 e.